The summed E-state index contributed by atoms with van der Waals surface area (Å²) in [5.74, 6) is 0.00654. The lowest BCUT2D eigenvalue weighted by atomic mass is 9.84. The summed E-state index contributed by atoms with van der Waals surface area (Å²) < 4.78 is 61.9. The second kappa shape index (κ2) is 10.6. The zero-order valence-corrected chi connectivity index (χ0v) is 24.0. The van der Waals surface area contributed by atoms with Crippen molar-refractivity contribution in [1.29, 1.82) is 0 Å². The molecule has 0 aliphatic carbocycles. The smallest absolute Gasteiger partial charge is 0.269 e. The first kappa shape index (κ1) is 28.5. The predicted octanol–water partition coefficient (Wildman–Crippen LogP) is 3.08. The molecule has 1 unspecified atom stereocenters. The minimum absolute atomic E-state index is 0.0358. The van der Waals surface area contributed by atoms with Crippen LogP contribution in [0.3, 0.4) is 0 Å². The molecule has 1 N–H and O–H groups in total. The van der Waals surface area contributed by atoms with E-state index in [9.17, 15) is 21.9 Å². The van der Waals surface area contributed by atoms with E-state index in [4.69, 9.17) is 4.74 Å². The Morgan fingerprint density at radius 2 is 1.68 bits per heavy atom. The maximum absolute atomic E-state index is 13.8. The number of hydrogen-bond donors (Lipinski definition) is 1. The Morgan fingerprint density at radius 3 is 2.26 bits per heavy atom. The van der Waals surface area contributed by atoms with Crippen molar-refractivity contribution in [1.82, 2.24) is 4.31 Å². The van der Waals surface area contributed by atoms with E-state index in [1.165, 1.54) is 10.6 Å². The monoisotopic (exact) mass is 563 g/mol. The van der Waals surface area contributed by atoms with Crippen LogP contribution in [0.25, 0.3) is 0 Å². The van der Waals surface area contributed by atoms with Crippen LogP contribution >= 0.6 is 0 Å². The van der Waals surface area contributed by atoms with Crippen molar-refractivity contribution in [2.24, 2.45) is 4.40 Å². The second-order valence-electron chi connectivity index (χ2n) is 10.6. The number of rotatable bonds is 8. The molecule has 2 heterocycles. The molecule has 2 atom stereocenters. The van der Waals surface area contributed by atoms with E-state index >= 15 is 0 Å². The Labute approximate surface area is 226 Å². The van der Waals surface area contributed by atoms with Gasteiger partial charge in [0.25, 0.3) is 10.0 Å². The molecule has 0 spiro atoms. The van der Waals surface area contributed by atoms with Crippen molar-refractivity contribution >= 4 is 31.6 Å². The molecule has 0 radical (unpaired) electrons. The maximum Gasteiger partial charge on any atom is 0.269 e. The third-order valence-electron chi connectivity index (χ3n) is 7.90. The molecule has 4 rings (SSSR count). The summed E-state index contributed by atoms with van der Waals surface area (Å²) in [7, 11) is -7.31. The molecule has 208 valence electrons. The number of nitrogens with zero attached hydrogens (tertiary/aromatic N) is 3. The van der Waals surface area contributed by atoms with E-state index in [1.54, 1.807) is 26.8 Å². The molecule has 2 aliphatic rings. The Balaban J connectivity index is 1.63. The van der Waals surface area contributed by atoms with Gasteiger partial charge in [-0.25, -0.2) is 16.8 Å². The lowest BCUT2D eigenvalue weighted by Gasteiger charge is -2.45. The third-order valence-corrected chi connectivity index (χ3v) is 11.4. The topological polar surface area (TPSA) is 117 Å². The van der Waals surface area contributed by atoms with Crippen LogP contribution in [0.4, 0.5) is 5.69 Å². The van der Waals surface area contributed by atoms with Crippen LogP contribution in [0, 0.1) is 0 Å². The highest BCUT2D eigenvalue weighted by molar-refractivity contribution is 7.91. The lowest BCUT2D eigenvalue weighted by molar-refractivity contribution is 0.0424. The first-order valence-electron chi connectivity index (χ1n) is 12.8. The number of aliphatic hydroxyl groups excluding tert-OH is 1. The predicted molar refractivity (Wildman–Crippen MR) is 149 cm³/mol. The van der Waals surface area contributed by atoms with Gasteiger partial charge in [-0.1, -0.05) is 42.5 Å². The molecule has 2 aromatic rings. The van der Waals surface area contributed by atoms with Gasteiger partial charge in [-0.3, -0.25) is 0 Å². The van der Waals surface area contributed by atoms with Crippen LogP contribution in [0.2, 0.25) is 0 Å². The van der Waals surface area contributed by atoms with E-state index in [2.05, 4.69) is 9.30 Å². The largest absolute Gasteiger partial charge is 0.472 e. The van der Waals surface area contributed by atoms with Crippen molar-refractivity contribution in [2.45, 2.75) is 49.9 Å². The number of aliphatic hydroxyl groups is 1. The van der Waals surface area contributed by atoms with Crippen molar-refractivity contribution in [3.05, 3.63) is 65.7 Å². The van der Waals surface area contributed by atoms with Gasteiger partial charge < -0.3 is 14.7 Å². The van der Waals surface area contributed by atoms with Crippen LogP contribution < -0.4 is 4.90 Å². The molecule has 0 saturated carbocycles. The zero-order chi connectivity index (χ0) is 27.8. The number of benzene rings is 2. The van der Waals surface area contributed by atoms with Crippen LogP contribution in [-0.4, -0.2) is 76.8 Å². The fourth-order valence-electron chi connectivity index (χ4n) is 5.28. The summed E-state index contributed by atoms with van der Waals surface area (Å²) >= 11 is 0. The van der Waals surface area contributed by atoms with Gasteiger partial charge in [-0.05, 0) is 56.4 Å². The minimum Gasteiger partial charge on any atom is -0.472 e. The molecule has 2 aliphatic heterocycles. The normalized spacial score (nSPS) is 24.3. The van der Waals surface area contributed by atoms with Crippen LogP contribution in [0.5, 0.6) is 0 Å². The summed E-state index contributed by atoms with van der Waals surface area (Å²) in [6.45, 7) is 6.90. The van der Waals surface area contributed by atoms with Gasteiger partial charge in [0.05, 0.1) is 6.26 Å². The molecular formula is C27H37N3O6S2. The fourth-order valence-corrected chi connectivity index (χ4v) is 7.75. The zero-order valence-electron chi connectivity index (χ0n) is 22.4. The number of hydrogen-bond acceptors (Lipinski definition) is 7. The van der Waals surface area contributed by atoms with Crippen molar-refractivity contribution in [2.75, 3.05) is 43.9 Å². The summed E-state index contributed by atoms with van der Waals surface area (Å²) in [6, 6.07) is 17.0. The summed E-state index contributed by atoms with van der Waals surface area (Å²) in [5, 5.41) is 9.62. The van der Waals surface area contributed by atoms with Gasteiger partial charge >= 0.3 is 0 Å². The molecule has 0 bridgehead atoms. The average molecular weight is 564 g/mol. The third kappa shape index (κ3) is 5.47. The summed E-state index contributed by atoms with van der Waals surface area (Å²) in [5.41, 5.74) is 1.23. The molecular weight excluding hydrogens is 526 g/mol. The van der Waals surface area contributed by atoms with E-state index < -0.39 is 30.4 Å². The van der Waals surface area contributed by atoms with Crippen molar-refractivity contribution in [3.63, 3.8) is 0 Å². The Morgan fingerprint density at radius 1 is 1.03 bits per heavy atom. The number of anilines is 1. The summed E-state index contributed by atoms with van der Waals surface area (Å²) in [6.07, 6.45) is 1.92. The quantitative estimate of drug-likeness (QED) is 0.525. The number of piperazine rings is 1. The van der Waals surface area contributed by atoms with Gasteiger partial charge in [0.1, 0.15) is 5.60 Å². The van der Waals surface area contributed by atoms with Crippen molar-refractivity contribution < 1.29 is 26.7 Å². The SMILES string of the molecule is CC1(C)OC(C[C@@H](CCO)c2ccccc2)=NS(=O)(=O)C1(C)c1cccc(N2CCN(S(C)(=O)=O)CC2)c1. The van der Waals surface area contributed by atoms with E-state index in [1.807, 2.05) is 48.5 Å². The standard InChI is InChI=1S/C27H37N3O6S2/c1-26(2)27(3,23-11-8-12-24(20-23)29-14-16-30(17-15-29)37(4,32)33)38(34,35)28-25(36-26)19-22(13-18-31)21-9-6-5-7-10-21/h5-12,20,22,31H,13-19H2,1-4H3/t22-,27?/m1/s1. The highest BCUT2D eigenvalue weighted by atomic mass is 32.2. The number of sulfonamides is 2. The molecule has 1 fully saturated rings. The molecule has 11 heteroatoms. The first-order valence-corrected chi connectivity index (χ1v) is 16.1. The molecule has 0 aromatic heterocycles. The van der Waals surface area contributed by atoms with E-state index in [-0.39, 0.29) is 24.8 Å². The van der Waals surface area contributed by atoms with Gasteiger partial charge in [-0.2, -0.15) is 4.31 Å². The van der Waals surface area contributed by atoms with Gasteiger partial charge in [0.15, 0.2) is 4.75 Å². The van der Waals surface area contributed by atoms with Gasteiger partial charge in [-0.15, -0.1) is 4.40 Å². The Hall–Kier alpha value is -2.47. The Bertz CT molecular complexity index is 1380. The second-order valence-corrected chi connectivity index (χ2v) is 14.6. The molecule has 2 aromatic carbocycles. The molecule has 1 saturated heterocycles. The molecule has 0 amide bonds. The van der Waals surface area contributed by atoms with Crippen molar-refractivity contribution in [3.8, 4) is 0 Å². The van der Waals surface area contributed by atoms with Crippen LogP contribution in [0.15, 0.2) is 59.0 Å². The Kier molecular flexibility index (Phi) is 7.96. The maximum atomic E-state index is 13.8. The minimum atomic E-state index is -4.06. The highest BCUT2D eigenvalue weighted by Crippen LogP contribution is 2.47. The van der Waals surface area contributed by atoms with Gasteiger partial charge in [0.2, 0.25) is 15.9 Å². The van der Waals surface area contributed by atoms with Crippen LogP contribution in [0.1, 0.15) is 50.7 Å². The number of ether oxygens (including phenoxy) is 1. The lowest BCUT2D eigenvalue weighted by Crippen LogP contribution is -2.56. The highest BCUT2D eigenvalue weighted by Gasteiger charge is 2.58. The average Bonchev–Trinajstić information content (AvgIpc) is 2.86. The first-order chi connectivity index (χ1) is 17.8. The van der Waals surface area contributed by atoms with Crippen LogP contribution in [-0.2, 0) is 29.5 Å². The molecule has 9 nitrogen and oxygen atoms in total. The summed E-state index contributed by atoms with van der Waals surface area (Å²) in [4.78, 5) is 2.06. The van der Waals surface area contributed by atoms with E-state index in [0.717, 1.165) is 11.3 Å². The van der Waals surface area contributed by atoms with E-state index in [0.29, 0.717) is 38.2 Å². The fraction of sp³-hybridized carbons (Fsp3) is 0.519. The van der Waals surface area contributed by atoms with Gasteiger partial charge in [0, 0.05) is 44.9 Å². The molecule has 38 heavy (non-hydrogen) atoms.